The van der Waals surface area contributed by atoms with Gasteiger partial charge in [0.1, 0.15) is 23.5 Å². The summed E-state index contributed by atoms with van der Waals surface area (Å²) in [6.45, 7) is 0.315. The second kappa shape index (κ2) is 8.54. The molecular formula is C22H18N2O5S2. The minimum atomic E-state index is -0.849. The normalized spacial score (nSPS) is 13.3. The van der Waals surface area contributed by atoms with Gasteiger partial charge in [0, 0.05) is 12.6 Å². The topological polar surface area (TPSA) is 89.9 Å². The van der Waals surface area contributed by atoms with Crippen molar-refractivity contribution >= 4 is 38.8 Å². The maximum Gasteiger partial charge on any atom is 0.261 e. The number of rotatable bonds is 7. The van der Waals surface area contributed by atoms with Crippen LogP contribution in [0.4, 0.5) is 0 Å². The molecule has 9 heteroatoms. The van der Waals surface area contributed by atoms with Gasteiger partial charge >= 0.3 is 0 Å². The van der Waals surface area contributed by atoms with Crippen LogP contribution < -0.4 is 19.5 Å². The summed E-state index contributed by atoms with van der Waals surface area (Å²) in [4.78, 5) is 18.6. The number of fused-ring (bicyclic) bond motifs is 2. The number of nitrogens with zero attached hydrogens (tertiary/aromatic N) is 1. The number of thiazole rings is 1. The SMILES string of the molecule is O=C(NCC(O)COc1ccc2c(c1)OCO2)c1ccc(-c2nc3ccccc3s2)s1. The van der Waals surface area contributed by atoms with E-state index >= 15 is 0 Å². The Bertz CT molecular complexity index is 1200. The maximum absolute atomic E-state index is 12.5. The third kappa shape index (κ3) is 4.34. The molecule has 1 aliphatic rings. The number of amides is 1. The molecule has 0 saturated carbocycles. The van der Waals surface area contributed by atoms with Crippen molar-refractivity contribution in [2.45, 2.75) is 6.10 Å². The number of aromatic nitrogens is 1. The first-order valence-electron chi connectivity index (χ1n) is 9.60. The van der Waals surface area contributed by atoms with Crippen molar-refractivity contribution in [3.63, 3.8) is 0 Å². The maximum atomic E-state index is 12.5. The molecule has 0 spiro atoms. The van der Waals surface area contributed by atoms with E-state index in [2.05, 4.69) is 10.3 Å². The lowest BCUT2D eigenvalue weighted by Gasteiger charge is -2.13. The van der Waals surface area contributed by atoms with E-state index in [4.69, 9.17) is 14.2 Å². The van der Waals surface area contributed by atoms with E-state index in [0.29, 0.717) is 22.1 Å². The minimum Gasteiger partial charge on any atom is -0.491 e. The van der Waals surface area contributed by atoms with Crippen molar-refractivity contribution in [3.05, 3.63) is 59.5 Å². The lowest BCUT2D eigenvalue weighted by molar-refractivity contribution is 0.0846. The highest BCUT2D eigenvalue weighted by Crippen LogP contribution is 2.35. The van der Waals surface area contributed by atoms with Crippen LogP contribution in [0.2, 0.25) is 0 Å². The lowest BCUT2D eigenvalue weighted by Crippen LogP contribution is -2.34. The molecule has 1 atom stereocenters. The Labute approximate surface area is 185 Å². The first-order chi connectivity index (χ1) is 15.2. The fourth-order valence-corrected chi connectivity index (χ4v) is 5.01. The van der Waals surface area contributed by atoms with Gasteiger partial charge in [-0.25, -0.2) is 4.98 Å². The summed E-state index contributed by atoms with van der Waals surface area (Å²) in [5.41, 5.74) is 0.951. The molecular weight excluding hydrogens is 436 g/mol. The van der Waals surface area contributed by atoms with Gasteiger partial charge in [-0.3, -0.25) is 4.79 Å². The Hall–Kier alpha value is -3.14. The van der Waals surface area contributed by atoms with Crippen LogP contribution in [-0.2, 0) is 0 Å². The fraction of sp³-hybridized carbons (Fsp3) is 0.182. The molecule has 0 aliphatic carbocycles. The van der Waals surface area contributed by atoms with Crippen molar-refractivity contribution in [3.8, 4) is 27.1 Å². The van der Waals surface area contributed by atoms with Gasteiger partial charge in [-0.1, -0.05) is 12.1 Å². The van der Waals surface area contributed by atoms with Gasteiger partial charge < -0.3 is 24.6 Å². The van der Waals surface area contributed by atoms with Gasteiger partial charge in [0.25, 0.3) is 5.91 Å². The van der Waals surface area contributed by atoms with E-state index < -0.39 is 6.10 Å². The second-order valence-electron chi connectivity index (χ2n) is 6.84. The van der Waals surface area contributed by atoms with Crippen molar-refractivity contribution in [2.75, 3.05) is 19.9 Å². The van der Waals surface area contributed by atoms with Crippen LogP contribution >= 0.6 is 22.7 Å². The summed E-state index contributed by atoms with van der Waals surface area (Å²) in [5.74, 6) is 1.61. The zero-order chi connectivity index (χ0) is 21.2. The molecule has 1 amide bonds. The molecule has 31 heavy (non-hydrogen) atoms. The number of aliphatic hydroxyl groups is 1. The third-order valence-electron chi connectivity index (χ3n) is 4.62. The van der Waals surface area contributed by atoms with Gasteiger partial charge in [-0.15, -0.1) is 22.7 Å². The molecule has 5 rings (SSSR count). The van der Waals surface area contributed by atoms with E-state index in [1.807, 2.05) is 30.3 Å². The highest BCUT2D eigenvalue weighted by molar-refractivity contribution is 7.26. The second-order valence-corrected chi connectivity index (χ2v) is 8.95. The molecule has 1 aliphatic heterocycles. The standard InChI is InChI=1S/C22H18N2O5S2/c25-13(11-27-14-5-6-16-17(9-14)29-12-28-16)10-23-21(26)19-7-8-20(30-19)22-24-15-3-1-2-4-18(15)31-22/h1-9,13,25H,10-12H2,(H,23,26). The van der Waals surface area contributed by atoms with Gasteiger partial charge in [0.05, 0.1) is 20.0 Å². The fourth-order valence-electron chi connectivity index (χ4n) is 3.07. The minimum absolute atomic E-state index is 0.0430. The largest absolute Gasteiger partial charge is 0.491 e. The summed E-state index contributed by atoms with van der Waals surface area (Å²) in [5, 5.41) is 13.8. The highest BCUT2D eigenvalue weighted by atomic mass is 32.1. The molecule has 1 unspecified atom stereocenters. The van der Waals surface area contributed by atoms with Crippen LogP contribution in [0.15, 0.2) is 54.6 Å². The predicted octanol–water partition coefficient (Wildman–Crippen LogP) is 3.92. The third-order valence-corrected chi connectivity index (χ3v) is 6.91. The number of nitrogens with one attached hydrogen (secondary N) is 1. The van der Waals surface area contributed by atoms with Crippen molar-refractivity contribution in [2.24, 2.45) is 0 Å². The number of benzene rings is 2. The number of para-hydroxylation sites is 1. The summed E-state index contributed by atoms with van der Waals surface area (Å²) in [6.07, 6.45) is -0.849. The van der Waals surface area contributed by atoms with Crippen LogP contribution in [0.1, 0.15) is 9.67 Å². The lowest BCUT2D eigenvalue weighted by atomic mass is 10.3. The van der Waals surface area contributed by atoms with Gasteiger partial charge in [0.15, 0.2) is 11.5 Å². The predicted molar refractivity (Wildman–Crippen MR) is 119 cm³/mol. The van der Waals surface area contributed by atoms with Gasteiger partial charge in [-0.05, 0) is 36.4 Å². The molecule has 7 nitrogen and oxygen atoms in total. The molecule has 2 N–H and O–H groups in total. The van der Waals surface area contributed by atoms with Crippen LogP contribution in [0, 0.1) is 0 Å². The Kier molecular flexibility index (Phi) is 5.46. The Balaban J connectivity index is 1.14. The molecule has 2 aromatic heterocycles. The van der Waals surface area contributed by atoms with Crippen LogP contribution in [0.5, 0.6) is 17.2 Å². The number of carbonyl (C=O) groups excluding carboxylic acids is 1. The highest BCUT2D eigenvalue weighted by Gasteiger charge is 2.16. The Morgan fingerprint density at radius 2 is 2.00 bits per heavy atom. The van der Waals surface area contributed by atoms with Gasteiger partial charge in [-0.2, -0.15) is 0 Å². The molecule has 3 heterocycles. The molecule has 4 aromatic rings. The van der Waals surface area contributed by atoms with E-state index in [9.17, 15) is 9.90 Å². The Morgan fingerprint density at radius 1 is 1.13 bits per heavy atom. The quantitative estimate of drug-likeness (QED) is 0.440. The number of aliphatic hydroxyl groups excluding tert-OH is 1. The van der Waals surface area contributed by atoms with Crippen molar-refractivity contribution < 1.29 is 24.1 Å². The molecule has 2 aromatic carbocycles. The summed E-state index contributed by atoms with van der Waals surface area (Å²) >= 11 is 2.98. The van der Waals surface area contributed by atoms with E-state index in [0.717, 1.165) is 20.1 Å². The molecule has 0 saturated heterocycles. The first-order valence-corrected chi connectivity index (χ1v) is 11.2. The number of hydrogen-bond donors (Lipinski definition) is 2. The molecule has 0 fully saturated rings. The van der Waals surface area contributed by atoms with Crippen LogP contribution in [0.25, 0.3) is 20.1 Å². The van der Waals surface area contributed by atoms with Crippen LogP contribution in [-0.4, -0.2) is 42.0 Å². The van der Waals surface area contributed by atoms with E-state index in [1.54, 1.807) is 35.6 Å². The summed E-state index contributed by atoms with van der Waals surface area (Å²) in [7, 11) is 0. The summed E-state index contributed by atoms with van der Waals surface area (Å²) in [6, 6.07) is 16.8. The van der Waals surface area contributed by atoms with E-state index in [-0.39, 0.29) is 25.9 Å². The average Bonchev–Trinajstić information content (AvgIpc) is 3.53. The van der Waals surface area contributed by atoms with Crippen molar-refractivity contribution in [1.29, 1.82) is 0 Å². The molecule has 0 radical (unpaired) electrons. The number of carbonyl (C=O) groups is 1. The Morgan fingerprint density at radius 3 is 2.90 bits per heavy atom. The van der Waals surface area contributed by atoms with E-state index in [1.165, 1.54) is 11.3 Å². The smallest absolute Gasteiger partial charge is 0.261 e. The van der Waals surface area contributed by atoms with Crippen molar-refractivity contribution in [1.82, 2.24) is 10.3 Å². The number of thiophene rings is 1. The molecule has 0 bridgehead atoms. The number of hydrogen-bond acceptors (Lipinski definition) is 8. The summed E-state index contributed by atoms with van der Waals surface area (Å²) < 4.78 is 17.2. The number of ether oxygens (including phenoxy) is 3. The average molecular weight is 455 g/mol. The van der Waals surface area contributed by atoms with Gasteiger partial charge in [0.2, 0.25) is 6.79 Å². The zero-order valence-corrected chi connectivity index (χ0v) is 17.9. The monoisotopic (exact) mass is 454 g/mol. The zero-order valence-electron chi connectivity index (χ0n) is 16.2. The molecule has 158 valence electrons. The van der Waals surface area contributed by atoms with Crippen LogP contribution in [0.3, 0.4) is 0 Å². The first kappa shape index (κ1) is 19.8.